The molecule has 2 aromatic carbocycles. The molecule has 0 radical (unpaired) electrons. The Morgan fingerprint density at radius 2 is 1.70 bits per heavy atom. The first-order valence-corrected chi connectivity index (χ1v) is 29.5. The van der Waals surface area contributed by atoms with Gasteiger partial charge in [0.15, 0.2) is 17.4 Å². The number of hydrogen-bond donors (Lipinski definition) is 8. The van der Waals surface area contributed by atoms with Gasteiger partial charge in [-0.15, -0.1) is 0 Å². The molecule has 1 amide bonds. The number of fused-ring (bicyclic) bond motifs is 3. The van der Waals surface area contributed by atoms with Crippen molar-refractivity contribution in [2.75, 3.05) is 55.3 Å². The number of phosphoric acid groups is 1. The van der Waals surface area contributed by atoms with Gasteiger partial charge in [0.1, 0.15) is 53.0 Å². The Labute approximate surface area is 458 Å². The van der Waals surface area contributed by atoms with Gasteiger partial charge in [0, 0.05) is 65.6 Å². The van der Waals surface area contributed by atoms with Crippen molar-refractivity contribution in [1.29, 1.82) is 0 Å². The summed E-state index contributed by atoms with van der Waals surface area (Å²) >= 11 is 0. The molecule has 3 aliphatic heterocycles. The highest BCUT2D eigenvalue weighted by Gasteiger charge is 2.46. The maximum Gasteiger partial charge on any atom is 0.469 e. The highest BCUT2D eigenvalue weighted by Crippen LogP contribution is 2.49. The van der Waals surface area contributed by atoms with Gasteiger partial charge in [-0.2, -0.15) is 4.98 Å². The number of aromatic amines is 1. The zero-order chi connectivity index (χ0) is 56.8. The summed E-state index contributed by atoms with van der Waals surface area (Å²) in [6.07, 6.45) is 5.66. The molecule has 1 fully saturated rings. The van der Waals surface area contributed by atoms with Crippen LogP contribution in [0, 0.1) is 6.92 Å². The van der Waals surface area contributed by atoms with Crippen molar-refractivity contribution in [3.63, 3.8) is 0 Å². The lowest BCUT2D eigenvalue weighted by Crippen LogP contribution is -2.33. The number of allylic oxidation sites excluding steroid dienone is 3. The summed E-state index contributed by atoms with van der Waals surface area (Å²) in [4.78, 5) is 56.7. The van der Waals surface area contributed by atoms with Crippen molar-refractivity contribution in [3.05, 3.63) is 117 Å². The number of carbonyl (C=O) groups excluding carboxylic acids is 1. The molecule has 424 valence electrons. The number of nitrogens with two attached hydrogens (primary N) is 1. The summed E-state index contributed by atoms with van der Waals surface area (Å²) in [6.45, 7) is 12.8. The molecule has 79 heavy (non-hydrogen) atoms. The third kappa shape index (κ3) is 13.4. The Bertz CT molecular complexity index is 3490. The second-order valence-electron chi connectivity index (χ2n) is 20.3. The minimum atomic E-state index is -4.91. The number of nitrogen functional groups attached to an aromatic ring is 1. The monoisotopic (exact) mass is 1130 g/mol. The predicted octanol–water partition coefficient (Wildman–Crippen LogP) is 5.86. The lowest BCUT2D eigenvalue weighted by atomic mass is 9.83. The van der Waals surface area contributed by atoms with Gasteiger partial charge in [-0.1, -0.05) is 75.6 Å². The highest BCUT2D eigenvalue weighted by molar-refractivity contribution is 7.85. The molecule has 22 nitrogen and oxygen atoms in total. The number of amides is 1. The Morgan fingerprint density at radius 1 is 0.975 bits per heavy atom. The molecule has 5 heterocycles. The molecular weight excluding hydrogens is 1060 g/mol. The van der Waals surface area contributed by atoms with Gasteiger partial charge in [0.2, 0.25) is 23.2 Å². The average molecular weight is 1130 g/mol. The minimum absolute atomic E-state index is 0.0512. The van der Waals surface area contributed by atoms with E-state index in [1.165, 1.54) is 16.7 Å². The lowest BCUT2D eigenvalue weighted by Gasteiger charge is -2.27. The van der Waals surface area contributed by atoms with E-state index in [0.29, 0.717) is 38.9 Å². The molecule has 4 atom stereocenters. The number of nitrogens with zero attached hydrogens (tertiary/aromatic N) is 5. The standard InChI is InChI=1S/C55H70N9O13PS/c1-6-62(7-2)36-24-26-39-38(34(3)49(76-42(39)31-36)35-19-12-10-13-20-35)21-18-22-44-55(4,5)40-32-37(79(72,73)74)25-27-41(40)63(44)30-17-11-14-23-45(65)57-28-15-8-9-16-29-58-54-59-46-50(60-53(56)61-51(46)68)64(54)52-48(67)47(66)43(77-52)33-75-78(69,70)71/h10,12-13,18-22,24-27,31-32,43,47-48,52,66-67H,6-9,11,14-17,23,28-30,33H2,1-5H3,(H7-,56,57,58,59,60,61,65,68,69,70,71,72,73,74)/t43-,47-,48-,52-/m1/s1. The molecule has 9 N–H and O–H groups in total. The number of imidazole rings is 1. The van der Waals surface area contributed by atoms with Crippen LogP contribution in [0.4, 0.5) is 17.6 Å². The first-order valence-electron chi connectivity index (χ1n) is 26.6. The van der Waals surface area contributed by atoms with Crippen molar-refractivity contribution < 1.29 is 56.0 Å². The molecule has 1 aliphatic carbocycles. The third-order valence-corrected chi connectivity index (χ3v) is 15.9. The number of carbonyl (C=O) groups is 1. The molecule has 8 rings (SSSR count). The number of hydrogen-bond acceptors (Lipinski definition) is 16. The molecule has 24 heteroatoms. The fourth-order valence-electron chi connectivity index (χ4n) is 10.4. The maximum atomic E-state index is 12.9. The van der Waals surface area contributed by atoms with Crippen LogP contribution in [-0.4, -0.2) is 116 Å². The van der Waals surface area contributed by atoms with Crippen molar-refractivity contribution in [2.45, 2.75) is 121 Å². The molecular formula is C55H70N9O13PS. The quantitative estimate of drug-likeness (QED) is 0.0152. The molecule has 0 saturated carbocycles. The summed E-state index contributed by atoms with van der Waals surface area (Å²) in [6, 6.07) is 20.9. The summed E-state index contributed by atoms with van der Waals surface area (Å²) in [5.41, 5.74) is 10.7. The van der Waals surface area contributed by atoms with Gasteiger partial charge in [0.05, 0.1) is 17.6 Å². The van der Waals surface area contributed by atoms with Gasteiger partial charge in [-0.05, 0) is 87.9 Å². The Balaban J connectivity index is 0.856. The van der Waals surface area contributed by atoms with Crippen molar-refractivity contribution in [1.82, 2.24) is 29.4 Å². The van der Waals surface area contributed by atoms with Gasteiger partial charge >= 0.3 is 7.82 Å². The van der Waals surface area contributed by atoms with E-state index in [4.69, 9.17) is 24.7 Å². The molecule has 2 aromatic heterocycles. The van der Waals surface area contributed by atoms with Gasteiger partial charge in [0.25, 0.3) is 5.56 Å². The Morgan fingerprint density at radius 3 is 2.41 bits per heavy atom. The van der Waals surface area contributed by atoms with E-state index in [2.05, 4.69) is 90.7 Å². The molecule has 4 aromatic rings. The van der Waals surface area contributed by atoms with Crippen LogP contribution in [0.3, 0.4) is 0 Å². The maximum absolute atomic E-state index is 12.9. The summed E-state index contributed by atoms with van der Waals surface area (Å²) < 4.78 is 68.4. The Kier molecular flexibility index (Phi) is 18.4. The lowest BCUT2D eigenvalue weighted by molar-refractivity contribution is -0.121. The van der Waals surface area contributed by atoms with E-state index >= 15 is 0 Å². The van der Waals surface area contributed by atoms with Gasteiger partial charge in [-0.25, -0.2) is 22.5 Å². The summed E-state index contributed by atoms with van der Waals surface area (Å²) in [7, 11) is -9.62. The second kappa shape index (κ2) is 24.9. The number of anilines is 3. The number of rotatable bonds is 24. The molecule has 0 unspecified atom stereocenters. The van der Waals surface area contributed by atoms with E-state index in [1.54, 1.807) is 6.07 Å². The smallest absolute Gasteiger partial charge is 0.469 e. The largest absolute Gasteiger partial charge is 0.744 e. The Hall–Kier alpha value is -6.53. The van der Waals surface area contributed by atoms with Gasteiger partial charge < -0.3 is 55.0 Å². The van der Waals surface area contributed by atoms with Crippen LogP contribution in [-0.2, 0) is 34.2 Å². The zero-order valence-corrected chi connectivity index (χ0v) is 46.6. The molecule has 1 saturated heterocycles. The van der Waals surface area contributed by atoms with E-state index < -0.39 is 60.1 Å². The third-order valence-electron chi connectivity index (χ3n) is 14.6. The number of unbranched alkanes of at least 4 members (excludes halogenated alkanes) is 5. The fourth-order valence-corrected chi connectivity index (χ4v) is 11.3. The second-order valence-corrected chi connectivity index (χ2v) is 22.9. The number of benzene rings is 3. The number of aliphatic hydroxyl groups excluding tert-OH is 2. The predicted molar refractivity (Wildman–Crippen MR) is 299 cm³/mol. The average Bonchev–Trinajstić information content (AvgIpc) is 4.15. The van der Waals surface area contributed by atoms with E-state index in [9.17, 15) is 37.3 Å². The number of phosphoric ester groups is 1. The van der Waals surface area contributed by atoms with Crippen LogP contribution >= 0.6 is 7.82 Å². The summed E-state index contributed by atoms with van der Waals surface area (Å²) in [5, 5.41) is 28.7. The first-order chi connectivity index (χ1) is 37.6. The van der Waals surface area contributed by atoms with Crippen molar-refractivity contribution in [2.24, 2.45) is 0 Å². The van der Waals surface area contributed by atoms with Crippen LogP contribution in [0.1, 0.15) is 102 Å². The van der Waals surface area contributed by atoms with Crippen LogP contribution in [0.2, 0.25) is 0 Å². The fraction of sp³-hybridized carbons (Fsp3) is 0.436. The van der Waals surface area contributed by atoms with Crippen LogP contribution in [0.25, 0.3) is 39.9 Å². The van der Waals surface area contributed by atoms with E-state index in [0.717, 1.165) is 101 Å². The van der Waals surface area contributed by atoms with E-state index in [1.807, 2.05) is 50.3 Å². The number of nitrogens with one attached hydrogen (secondary N) is 3. The highest BCUT2D eigenvalue weighted by atomic mass is 32.2. The number of aliphatic hydroxyl groups is 2. The molecule has 0 bridgehead atoms. The zero-order valence-electron chi connectivity index (χ0n) is 44.9. The van der Waals surface area contributed by atoms with Crippen molar-refractivity contribution in [3.8, 4) is 22.6 Å². The van der Waals surface area contributed by atoms with Crippen molar-refractivity contribution >= 4 is 58.7 Å². The first kappa shape index (κ1) is 58.6. The molecule has 4 aliphatic rings. The van der Waals surface area contributed by atoms with E-state index in [-0.39, 0.29) is 33.9 Å². The normalized spacial score (nSPS) is 18.8. The number of ether oxygens (including phenoxy) is 1. The van der Waals surface area contributed by atoms with Crippen LogP contribution < -0.4 is 36.8 Å². The summed E-state index contributed by atoms with van der Waals surface area (Å²) in [5.74, 6) is 1.33. The SMILES string of the molecule is CC[N+](CC)=c1ccc2c(/C=C/C=C3/N(CCCCCC(=O)NCCCCCCNc4nc5c(=O)[nH]c(N)nc5n4[C@@H]4O[C@H](COP(=O)(O)O)[C@@H](O)[C@H]4O)c4ccc(S(=O)(=O)[O-])cc4C3(C)C)c(C)c(-c3ccccc3)oc-2c1. The van der Waals surface area contributed by atoms with Crippen LogP contribution in [0.15, 0.2) is 98.7 Å². The number of aromatic nitrogens is 4. The van der Waals surface area contributed by atoms with Crippen LogP contribution in [0.5, 0.6) is 0 Å². The van der Waals surface area contributed by atoms with Gasteiger partial charge in [-0.3, -0.25) is 23.7 Å². The minimum Gasteiger partial charge on any atom is -0.744 e. The number of H-pyrrole nitrogens is 1. The topological polar surface area (TPSA) is 324 Å². The molecule has 0 spiro atoms.